The maximum atomic E-state index is 12.1. The van der Waals surface area contributed by atoms with E-state index in [2.05, 4.69) is 11.4 Å². The molecule has 1 N–H and O–H groups in total. The molecule has 0 saturated heterocycles. The summed E-state index contributed by atoms with van der Waals surface area (Å²) in [5.41, 5.74) is 3.35. The normalized spacial score (nSPS) is 16.5. The van der Waals surface area contributed by atoms with Crippen molar-refractivity contribution in [1.29, 1.82) is 0 Å². The van der Waals surface area contributed by atoms with Crippen LogP contribution in [0.25, 0.3) is 0 Å². The maximum absolute atomic E-state index is 12.1. The summed E-state index contributed by atoms with van der Waals surface area (Å²) in [5, 5.41) is 3.25. The molecule has 1 aliphatic rings. The predicted molar refractivity (Wildman–Crippen MR) is 78.7 cm³/mol. The summed E-state index contributed by atoms with van der Waals surface area (Å²) >= 11 is 0. The Hall–Kier alpha value is -2.13. The highest BCUT2D eigenvalue weighted by molar-refractivity contribution is 5.90. The molecule has 1 aliphatic heterocycles. The lowest BCUT2D eigenvalue weighted by Gasteiger charge is -2.10. The van der Waals surface area contributed by atoms with E-state index in [1.807, 2.05) is 48.5 Å². The van der Waals surface area contributed by atoms with E-state index in [0.29, 0.717) is 6.61 Å². The molecule has 2 aromatic rings. The Labute approximate surface area is 118 Å². The number of ketones is 1. The van der Waals surface area contributed by atoms with E-state index in [0.717, 1.165) is 17.7 Å². The van der Waals surface area contributed by atoms with E-state index < -0.39 is 0 Å². The second-order valence-electron chi connectivity index (χ2n) is 5.00. The minimum absolute atomic E-state index is 0.108. The molecular weight excluding hydrogens is 250 g/mol. The Morgan fingerprint density at radius 1 is 1.10 bits per heavy atom. The molecule has 20 heavy (non-hydrogen) atoms. The van der Waals surface area contributed by atoms with Crippen LogP contribution in [0.2, 0.25) is 0 Å². The first-order chi connectivity index (χ1) is 9.83. The highest BCUT2D eigenvalue weighted by Crippen LogP contribution is 2.25. The van der Waals surface area contributed by atoms with E-state index in [-0.39, 0.29) is 18.4 Å². The number of anilines is 1. The molecule has 1 atom stereocenters. The number of hydrogen-bond acceptors (Lipinski definition) is 3. The Morgan fingerprint density at radius 2 is 1.85 bits per heavy atom. The molecule has 0 aliphatic carbocycles. The molecule has 0 amide bonds. The van der Waals surface area contributed by atoms with Crippen LogP contribution in [0, 0.1) is 0 Å². The minimum Gasteiger partial charge on any atom is -0.375 e. The average Bonchev–Trinajstić information content (AvgIpc) is 2.92. The number of rotatable bonds is 5. The molecular formula is C17H17NO2. The van der Waals surface area contributed by atoms with E-state index in [9.17, 15) is 4.79 Å². The molecule has 3 heteroatoms. The van der Waals surface area contributed by atoms with E-state index in [1.54, 1.807) is 0 Å². The minimum atomic E-state index is -0.150. The van der Waals surface area contributed by atoms with Crippen LogP contribution in [0.4, 0.5) is 5.69 Å². The van der Waals surface area contributed by atoms with Gasteiger partial charge in [0.1, 0.15) is 6.61 Å². The molecule has 1 heterocycles. The third kappa shape index (κ3) is 2.89. The topological polar surface area (TPSA) is 38.3 Å². The fourth-order valence-electron chi connectivity index (χ4n) is 2.44. The summed E-state index contributed by atoms with van der Waals surface area (Å²) in [4.78, 5) is 12.1. The number of ether oxygens (including phenoxy) is 1. The van der Waals surface area contributed by atoms with Gasteiger partial charge in [0.25, 0.3) is 0 Å². The van der Waals surface area contributed by atoms with Crippen molar-refractivity contribution in [3.63, 3.8) is 0 Å². The molecule has 0 fully saturated rings. The van der Waals surface area contributed by atoms with E-state index >= 15 is 0 Å². The van der Waals surface area contributed by atoms with Gasteiger partial charge in [0, 0.05) is 12.1 Å². The lowest BCUT2D eigenvalue weighted by molar-refractivity contribution is -0.124. The number of Topliss-reactive ketones (excluding diaryl/α,β-unsaturated/α-hetero) is 1. The van der Waals surface area contributed by atoms with Crippen molar-refractivity contribution in [1.82, 2.24) is 0 Å². The molecule has 2 aromatic carbocycles. The van der Waals surface area contributed by atoms with Crippen LogP contribution in [0.3, 0.4) is 0 Å². The van der Waals surface area contributed by atoms with Gasteiger partial charge in [0.2, 0.25) is 0 Å². The van der Waals surface area contributed by atoms with Crippen LogP contribution >= 0.6 is 0 Å². The summed E-state index contributed by atoms with van der Waals surface area (Å²) in [6.45, 7) is 0.632. The number of benzene rings is 2. The second-order valence-corrected chi connectivity index (χ2v) is 5.00. The lowest BCUT2D eigenvalue weighted by atomic mass is 10.1. The number of nitrogens with one attached hydrogen (secondary N) is 1. The SMILES string of the molecule is O=C(COCc1ccccc1)C1Cc2ccccc2N1. The zero-order valence-corrected chi connectivity index (χ0v) is 11.2. The first-order valence-electron chi connectivity index (χ1n) is 6.82. The number of carbonyl (C=O) groups is 1. The highest BCUT2D eigenvalue weighted by Gasteiger charge is 2.25. The first-order valence-corrected chi connectivity index (χ1v) is 6.82. The second kappa shape index (κ2) is 5.88. The van der Waals surface area contributed by atoms with Crippen molar-refractivity contribution in [2.24, 2.45) is 0 Å². The number of para-hydroxylation sites is 1. The molecule has 1 unspecified atom stereocenters. The third-order valence-corrected chi connectivity index (χ3v) is 3.52. The quantitative estimate of drug-likeness (QED) is 0.905. The third-order valence-electron chi connectivity index (χ3n) is 3.52. The Kier molecular flexibility index (Phi) is 3.79. The van der Waals surface area contributed by atoms with Crippen molar-refractivity contribution in [2.75, 3.05) is 11.9 Å². The van der Waals surface area contributed by atoms with Gasteiger partial charge in [0.05, 0.1) is 12.6 Å². The average molecular weight is 267 g/mol. The number of fused-ring (bicyclic) bond motifs is 1. The van der Waals surface area contributed by atoms with Gasteiger partial charge in [-0.1, -0.05) is 48.5 Å². The zero-order valence-electron chi connectivity index (χ0n) is 11.2. The standard InChI is InChI=1S/C17H17NO2/c19-17(12-20-11-13-6-2-1-3-7-13)16-10-14-8-4-5-9-15(14)18-16/h1-9,16,18H,10-12H2. The Balaban J connectivity index is 1.49. The van der Waals surface area contributed by atoms with Gasteiger partial charge in [-0.25, -0.2) is 0 Å². The molecule has 102 valence electrons. The van der Waals surface area contributed by atoms with Crippen LogP contribution in [-0.2, 0) is 22.6 Å². The summed E-state index contributed by atoms with van der Waals surface area (Å²) in [6, 6.07) is 17.8. The maximum Gasteiger partial charge on any atom is 0.180 e. The van der Waals surface area contributed by atoms with Crippen molar-refractivity contribution in [3.8, 4) is 0 Å². The van der Waals surface area contributed by atoms with Crippen molar-refractivity contribution in [3.05, 3.63) is 65.7 Å². The summed E-state index contributed by atoms with van der Waals surface area (Å²) in [6.07, 6.45) is 0.754. The van der Waals surface area contributed by atoms with Gasteiger partial charge < -0.3 is 10.1 Å². The Morgan fingerprint density at radius 3 is 2.65 bits per heavy atom. The van der Waals surface area contributed by atoms with Crippen molar-refractivity contribution >= 4 is 11.5 Å². The van der Waals surface area contributed by atoms with Crippen molar-refractivity contribution in [2.45, 2.75) is 19.1 Å². The largest absolute Gasteiger partial charge is 0.375 e. The molecule has 0 bridgehead atoms. The summed E-state index contributed by atoms with van der Waals surface area (Å²) < 4.78 is 5.50. The fourth-order valence-corrected chi connectivity index (χ4v) is 2.44. The molecule has 0 spiro atoms. The molecule has 0 aromatic heterocycles. The van der Waals surface area contributed by atoms with Crippen LogP contribution < -0.4 is 5.32 Å². The van der Waals surface area contributed by atoms with Crippen LogP contribution in [0.15, 0.2) is 54.6 Å². The lowest BCUT2D eigenvalue weighted by Crippen LogP contribution is -2.30. The summed E-state index contributed by atoms with van der Waals surface area (Å²) in [5.74, 6) is 0.108. The first kappa shape index (κ1) is 12.9. The predicted octanol–water partition coefficient (Wildman–Crippen LogP) is 2.81. The van der Waals surface area contributed by atoms with Gasteiger partial charge in [-0.2, -0.15) is 0 Å². The van der Waals surface area contributed by atoms with Gasteiger partial charge >= 0.3 is 0 Å². The highest BCUT2D eigenvalue weighted by atomic mass is 16.5. The van der Waals surface area contributed by atoms with E-state index in [1.165, 1.54) is 5.56 Å². The van der Waals surface area contributed by atoms with Crippen LogP contribution in [0.1, 0.15) is 11.1 Å². The fraction of sp³-hybridized carbons (Fsp3) is 0.235. The van der Waals surface area contributed by atoms with Gasteiger partial charge in [-0.05, 0) is 17.2 Å². The smallest absolute Gasteiger partial charge is 0.180 e. The van der Waals surface area contributed by atoms with Crippen LogP contribution in [-0.4, -0.2) is 18.4 Å². The van der Waals surface area contributed by atoms with Gasteiger partial charge in [0.15, 0.2) is 5.78 Å². The van der Waals surface area contributed by atoms with Gasteiger partial charge in [-0.15, -0.1) is 0 Å². The van der Waals surface area contributed by atoms with Crippen molar-refractivity contribution < 1.29 is 9.53 Å². The molecule has 0 radical (unpaired) electrons. The zero-order chi connectivity index (χ0) is 13.8. The molecule has 0 saturated carbocycles. The Bertz CT molecular complexity index is 570. The summed E-state index contributed by atoms with van der Waals surface area (Å²) in [7, 11) is 0. The number of hydrogen-bond donors (Lipinski definition) is 1. The van der Waals surface area contributed by atoms with E-state index in [4.69, 9.17) is 4.74 Å². The molecule has 3 nitrogen and oxygen atoms in total. The monoisotopic (exact) mass is 267 g/mol. The van der Waals surface area contributed by atoms with Gasteiger partial charge in [-0.3, -0.25) is 4.79 Å². The number of carbonyl (C=O) groups excluding carboxylic acids is 1. The van der Waals surface area contributed by atoms with Crippen LogP contribution in [0.5, 0.6) is 0 Å². The molecule has 3 rings (SSSR count).